The molecule has 0 aliphatic heterocycles. The molecule has 1 aliphatic carbocycles. The zero-order chi connectivity index (χ0) is 18.5. The first-order chi connectivity index (χ1) is 12.6. The van der Waals surface area contributed by atoms with E-state index in [1.165, 1.54) is 12.1 Å². The molecular formula is C20H17FN2O3. The Kier molecular flexibility index (Phi) is 5.22. The molecule has 1 aromatic carbocycles. The number of hydrogen-bond donors (Lipinski definition) is 1. The molecule has 0 saturated heterocycles. The third-order valence-electron chi connectivity index (χ3n) is 4.15. The van der Waals surface area contributed by atoms with Crippen LogP contribution in [0.3, 0.4) is 0 Å². The van der Waals surface area contributed by atoms with Crippen LogP contribution in [-0.4, -0.2) is 28.9 Å². The number of allylic oxidation sites excluding steroid dienone is 2. The number of carboxylic acids is 1. The van der Waals surface area contributed by atoms with Crippen LogP contribution in [0.2, 0.25) is 0 Å². The number of carbonyl (C=O) groups is 1. The van der Waals surface area contributed by atoms with Crippen molar-refractivity contribution in [2.24, 2.45) is 5.16 Å². The van der Waals surface area contributed by atoms with Crippen LogP contribution < -0.4 is 0 Å². The number of carboxylic acid groups (broad SMARTS) is 1. The van der Waals surface area contributed by atoms with E-state index >= 15 is 0 Å². The molecular weight excluding hydrogens is 335 g/mol. The number of aliphatic carboxylic acids is 1. The number of halogens is 1. The van der Waals surface area contributed by atoms with Crippen molar-refractivity contribution in [1.82, 2.24) is 4.98 Å². The number of aromatic nitrogens is 1. The van der Waals surface area contributed by atoms with Gasteiger partial charge in [0.1, 0.15) is 12.4 Å². The summed E-state index contributed by atoms with van der Waals surface area (Å²) in [6.45, 7) is 2.19. The number of pyridine rings is 1. The van der Waals surface area contributed by atoms with Gasteiger partial charge in [0.2, 0.25) is 0 Å². The van der Waals surface area contributed by atoms with Crippen LogP contribution in [0, 0.1) is 5.82 Å². The quantitative estimate of drug-likeness (QED) is 0.484. The van der Waals surface area contributed by atoms with Gasteiger partial charge >= 0.3 is 5.97 Å². The van der Waals surface area contributed by atoms with E-state index in [9.17, 15) is 9.18 Å². The Morgan fingerprint density at radius 3 is 2.77 bits per heavy atom. The highest BCUT2D eigenvalue weighted by Gasteiger charge is 2.24. The van der Waals surface area contributed by atoms with Crippen molar-refractivity contribution in [3.8, 4) is 0 Å². The van der Waals surface area contributed by atoms with Gasteiger partial charge in [-0.25, -0.2) is 9.18 Å². The fourth-order valence-corrected chi connectivity index (χ4v) is 2.98. The zero-order valence-electron chi connectivity index (χ0n) is 14.1. The van der Waals surface area contributed by atoms with Gasteiger partial charge in [0.05, 0.1) is 0 Å². The molecule has 132 valence electrons. The molecule has 0 unspecified atom stereocenters. The third-order valence-corrected chi connectivity index (χ3v) is 4.15. The molecule has 0 amide bonds. The Morgan fingerprint density at radius 2 is 2.04 bits per heavy atom. The third kappa shape index (κ3) is 3.85. The Labute approximate surface area is 150 Å². The maximum atomic E-state index is 13.8. The normalized spacial score (nSPS) is 14.9. The standard InChI is InChI=1S/C20H17FN2O3/c1-13-16(6-9-26-23-12-20(24)25)19-11-15(21)2-3-17(19)18(13)10-14-4-7-22-8-5-14/h2-5,7-8,10-12H,6,9H2,1H3,(H,24,25). The van der Waals surface area contributed by atoms with Crippen molar-refractivity contribution in [2.45, 2.75) is 13.3 Å². The van der Waals surface area contributed by atoms with Gasteiger partial charge in [-0.05, 0) is 70.7 Å². The van der Waals surface area contributed by atoms with E-state index in [0.29, 0.717) is 12.6 Å². The minimum atomic E-state index is -1.17. The minimum Gasteiger partial charge on any atom is -0.477 e. The van der Waals surface area contributed by atoms with Crippen LogP contribution in [0.15, 0.2) is 53.5 Å². The van der Waals surface area contributed by atoms with E-state index in [1.807, 2.05) is 25.1 Å². The van der Waals surface area contributed by atoms with E-state index in [0.717, 1.165) is 33.4 Å². The molecule has 3 rings (SSSR count). The second-order valence-corrected chi connectivity index (χ2v) is 5.79. The highest BCUT2D eigenvalue weighted by atomic mass is 19.1. The number of rotatable bonds is 6. The lowest BCUT2D eigenvalue weighted by atomic mass is 10.0. The molecule has 2 aromatic rings. The maximum Gasteiger partial charge on any atom is 0.350 e. The molecule has 0 bridgehead atoms. The van der Waals surface area contributed by atoms with Crippen LogP contribution in [0.25, 0.3) is 17.2 Å². The monoisotopic (exact) mass is 352 g/mol. The predicted molar refractivity (Wildman–Crippen MR) is 97.8 cm³/mol. The number of oxime groups is 1. The van der Waals surface area contributed by atoms with Crippen LogP contribution in [0.4, 0.5) is 4.39 Å². The molecule has 1 heterocycles. The molecule has 0 fully saturated rings. The summed E-state index contributed by atoms with van der Waals surface area (Å²) in [4.78, 5) is 19.4. The van der Waals surface area contributed by atoms with Crippen molar-refractivity contribution in [3.63, 3.8) is 0 Å². The Balaban J connectivity index is 1.91. The first-order valence-corrected chi connectivity index (χ1v) is 8.06. The van der Waals surface area contributed by atoms with Gasteiger partial charge in [-0.3, -0.25) is 4.98 Å². The summed E-state index contributed by atoms with van der Waals surface area (Å²) >= 11 is 0. The van der Waals surface area contributed by atoms with Gasteiger partial charge in [-0.2, -0.15) is 0 Å². The molecule has 1 aliphatic rings. The zero-order valence-corrected chi connectivity index (χ0v) is 14.1. The predicted octanol–water partition coefficient (Wildman–Crippen LogP) is 4.03. The van der Waals surface area contributed by atoms with Crippen LogP contribution in [0.1, 0.15) is 30.0 Å². The SMILES string of the molecule is CC1=C(CCON=CC(=O)O)c2cc(F)ccc2C1=Cc1ccncc1. The van der Waals surface area contributed by atoms with Gasteiger partial charge < -0.3 is 9.94 Å². The summed E-state index contributed by atoms with van der Waals surface area (Å²) in [6.07, 6.45) is 6.68. The highest BCUT2D eigenvalue weighted by molar-refractivity contribution is 6.21. The van der Waals surface area contributed by atoms with Crippen molar-refractivity contribution in [1.29, 1.82) is 0 Å². The Morgan fingerprint density at radius 1 is 1.27 bits per heavy atom. The molecule has 1 N–H and O–H groups in total. The van der Waals surface area contributed by atoms with Gasteiger partial charge in [0.15, 0.2) is 6.21 Å². The average molecular weight is 352 g/mol. The van der Waals surface area contributed by atoms with Gasteiger partial charge in [0.25, 0.3) is 0 Å². The largest absolute Gasteiger partial charge is 0.477 e. The maximum absolute atomic E-state index is 13.8. The molecule has 0 radical (unpaired) electrons. The molecule has 1 aromatic heterocycles. The minimum absolute atomic E-state index is 0.203. The van der Waals surface area contributed by atoms with Gasteiger partial charge in [-0.15, -0.1) is 0 Å². The molecule has 0 spiro atoms. The second kappa shape index (κ2) is 7.74. The Bertz CT molecular complexity index is 918. The number of hydrogen-bond acceptors (Lipinski definition) is 4. The van der Waals surface area contributed by atoms with E-state index in [2.05, 4.69) is 10.1 Å². The van der Waals surface area contributed by atoms with Crippen molar-refractivity contribution in [3.05, 3.63) is 70.8 Å². The molecule has 26 heavy (non-hydrogen) atoms. The van der Waals surface area contributed by atoms with E-state index in [4.69, 9.17) is 9.94 Å². The van der Waals surface area contributed by atoms with Crippen molar-refractivity contribution < 1.29 is 19.1 Å². The molecule has 5 nitrogen and oxygen atoms in total. The van der Waals surface area contributed by atoms with Crippen molar-refractivity contribution in [2.75, 3.05) is 6.61 Å². The molecule has 6 heteroatoms. The number of fused-ring (bicyclic) bond motifs is 1. The summed E-state index contributed by atoms with van der Waals surface area (Å²) in [5, 5.41) is 11.9. The first kappa shape index (κ1) is 17.5. The summed E-state index contributed by atoms with van der Waals surface area (Å²) in [7, 11) is 0. The topological polar surface area (TPSA) is 71.8 Å². The smallest absolute Gasteiger partial charge is 0.350 e. The lowest BCUT2D eigenvalue weighted by Gasteiger charge is -2.05. The van der Waals surface area contributed by atoms with E-state index in [-0.39, 0.29) is 12.4 Å². The van der Waals surface area contributed by atoms with Crippen LogP contribution >= 0.6 is 0 Å². The highest BCUT2D eigenvalue weighted by Crippen LogP contribution is 2.43. The average Bonchev–Trinajstić information content (AvgIpc) is 2.87. The summed E-state index contributed by atoms with van der Waals surface area (Å²) < 4.78 is 13.8. The van der Waals surface area contributed by atoms with Crippen LogP contribution in [0.5, 0.6) is 0 Å². The number of nitrogens with zero attached hydrogens (tertiary/aromatic N) is 2. The van der Waals surface area contributed by atoms with Crippen molar-refractivity contribution >= 4 is 29.4 Å². The summed E-state index contributed by atoms with van der Waals surface area (Å²) in [5.41, 5.74) is 5.82. The fourth-order valence-electron chi connectivity index (χ4n) is 2.98. The lowest BCUT2D eigenvalue weighted by Crippen LogP contribution is -1.97. The van der Waals surface area contributed by atoms with E-state index < -0.39 is 5.97 Å². The summed E-state index contributed by atoms with van der Waals surface area (Å²) in [6, 6.07) is 8.55. The number of benzene rings is 1. The Hall–Kier alpha value is -3.28. The first-order valence-electron chi connectivity index (χ1n) is 8.06. The van der Waals surface area contributed by atoms with Gasteiger partial charge in [0, 0.05) is 18.8 Å². The van der Waals surface area contributed by atoms with E-state index in [1.54, 1.807) is 18.5 Å². The fraction of sp³-hybridized carbons (Fsp3) is 0.150. The molecule has 0 saturated carbocycles. The lowest BCUT2D eigenvalue weighted by molar-refractivity contribution is -0.129. The molecule has 0 atom stereocenters. The van der Waals surface area contributed by atoms with Crippen LogP contribution in [-0.2, 0) is 9.63 Å². The summed E-state index contributed by atoms with van der Waals surface area (Å²) in [5.74, 6) is -1.47. The second-order valence-electron chi connectivity index (χ2n) is 5.79. The van der Waals surface area contributed by atoms with Gasteiger partial charge in [-0.1, -0.05) is 11.2 Å².